The minimum Gasteiger partial charge on any atom is -0.477 e. The molecule has 0 amide bonds. The van der Waals surface area contributed by atoms with Gasteiger partial charge in [0.2, 0.25) is 0 Å². The van der Waals surface area contributed by atoms with Crippen LogP contribution in [0.25, 0.3) is 0 Å². The number of carboxylic acid groups (broad SMARTS) is 1. The van der Waals surface area contributed by atoms with Crippen molar-refractivity contribution >= 4 is 20.8 Å². The van der Waals surface area contributed by atoms with Gasteiger partial charge in [0.05, 0.1) is 7.05 Å². The van der Waals surface area contributed by atoms with E-state index in [-0.39, 0.29) is 11.3 Å². The fourth-order valence-corrected chi connectivity index (χ4v) is 10.5. The molecule has 0 rings (SSSR count). The molecule has 0 spiro atoms. The predicted molar refractivity (Wildman–Crippen MR) is 84.8 cm³/mol. The fourth-order valence-electron chi connectivity index (χ4n) is 2.26. The number of hydrogen-bond donors (Lipinski definition) is 1. The van der Waals surface area contributed by atoms with E-state index in [4.69, 9.17) is 4.52 Å². The van der Waals surface area contributed by atoms with Crippen molar-refractivity contribution in [2.45, 2.75) is 78.0 Å². The zero-order valence-corrected chi connectivity index (χ0v) is 14.8. The Hall–Kier alpha value is 0.130. The number of rotatable bonds is 6. The van der Waals surface area contributed by atoms with Crippen molar-refractivity contribution in [1.29, 1.82) is 0 Å². The lowest BCUT2D eigenvalue weighted by atomic mass is 10.5. The molecule has 0 aromatic carbocycles. The van der Waals surface area contributed by atoms with Crippen LogP contribution in [-0.2, 0) is 0 Å². The Morgan fingerprint density at radius 3 is 1.44 bits per heavy atom. The summed E-state index contributed by atoms with van der Waals surface area (Å²) in [4.78, 5) is 11.9. The van der Waals surface area contributed by atoms with E-state index in [1.54, 1.807) is 0 Å². The topological polar surface area (TPSA) is 49.7 Å². The van der Waals surface area contributed by atoms with E-state index in [1.165, 1.54) is 0 Å². The quantitative estimate of drug-likeness (QED) is 0.620. The molecule has 0 fully saturated rings. The minimum absolute atomic E-state index is 0.123. The molecule has 1 N–H and O–H groups in total. The highest BCUT2D eigenvalue weighted by Gasteiger charge is 2.37. The third-order valence-electron chi connectivity index (χ3n) is 3.19. The zero-order chi connectivity index (χ0) is 14.7. The van der Waals surface area contributed by atoms with Crippen LogP contribution in [0.15, 0.2) is 4.52 Å². The van der Waals surface area contributed by atoms with Crippen LogP contribution in [0.5, 0.6) is 0 Å². The van der Waals surface area contributed by atoms with Gasteiger partial charge in [0.15, 0.2) is 0 Å². The maximum atomic E-state index is 11.9. The molecule has 0 radical (unpaired) electrons. The summed E-state index contributed by atoms with van der Waals surface area (Å²) in [6.07, 6.45) is 0. The average molecular weight is 293 g/mol. The molecule has 0 aliphatic carbocycles. The molecule has 18 heavy (non-hydrogen) atoms. The van der Waals surface area contributed by atoms with Gasteiger partial charge in [0.1, 0.15) is 0 Å². The zero-order valence-electron chi connectivity index (χ0n) is 13.0. The van der Waals surface area contributed by atoms with Crippen LogP contribution in [0, 0.1) is 0 Å². The van der Waals surface area contributed by atoms with Crippen LogP contribution in [0.2, 0.25) is 0 Å². The summed E-state index contributed by atoms with van der Waals surface area (Å²) in [7, 11) is -2.88. The van der Waals surface area contributed by atoms with Gasteiger partial charge in [-0.3, -0.25) is 4.52 Å². The van der Waals surface area contributed by atoms with Crippen molar-refractivity contribution in [2.24, 2.45) is 4.52 Å². The van der Waals surface area contributed by atoms with Crippen LogP contribution >= 0.6 is 15.1 Å². The molecule has 0 aliphatic heterocycles. The monoisotopic (exact) mass is 293 g/mol. The van der Waals surface area contributed by atoms with Gasteiger partial charge >= 0.3 is 5.71 Å². The van der Waals surface area contributed by atoms with E-state index in [1.807, 2.05) is 27.7 Å². The van der Waals surface area contributed by atoms with E-state index in [0.29, 0.717) is 11.3 Å². The lowest BCUT2D eigenvalue weighted by Crippen LogP contribution is -2.16. The van der Waals surface area contributed by atoms with Crippen LogP contribution in [0.4, 0.5) is 4.79 Å². The van der Waals surface area contributed by atoms with Crippen LogP contribution in [-0.4, -0.2) is 33.5 Å². The normalized spacial score (nSPS) is 13.2. The Morgan fingerprint density at radius 1 is 0.944 bits per heavy atom. The Kier molecular flexibility index (Phi) is 7.11. The Bertz CT molecular complexity index is 316. The van der Waals surface area contributed by atoms with Gasteiger partial charge < -0.3 is 5.11 Å². The molecule has 108 valence electrons. The summed E-state index contributed by atoms with van der Waals surface area (Å²) < 4.78 is 4.98. The van der Waals surface area contributed by atoms with Crippen molar-refractivity contribution in [3.8, 4) is 0 Å². The first-order chi connectivity index (χ1) is 8.07. The summed E-state index contributed by atoms with van der Waals surface area (Å²) in [6, 6.07) is 0. The molecular formula is C13H29NO2P2. The minimum atomic E-state index is -2.31. The first kappa shape index (κ1) is 18.1. The Morgan fingerprint density at radius 2 is 1.28 bits per heavy atom. The van der Waals surface area contributed by atoms with E-state index in [2.05, 4.69) is 27.7 Å². The van der Waals surface area contributed by atoms with E-state index in [0.717, 1.165) is 0 Å². The number of nitrogens with zero attached hydrogens (tertiary/aromatic N) is 1. The largest absolute Gasteiger partial charge is 0.477 e. The van der Waals surface area contributed by atoms with Gasteiger partial charge in [0.25, 0.3) is 0 Å². The third kappa shape index (κ3) is 3.81. The Balaban J connectivity index is 5.91. The van der Waals surface area contributed by atoms with Crippen molar-refractivity contribution in [3.63, 3.8) is 0 Å². The van der Waals surface area contributed by atoms with Crippen molar-refractivity contribution in [2.75, 3.05) is 0 Å². The molecule has 0 unspecified atom stereocenters. The second kappa shape index (κ2) is 7.06. The molecule has 0 bridgehead atoms. The van der Waals surface area contributed by atoms with E-state index in [9.17, 15) is 9.90 Å². The summed E-state index contributed by atoms with van der Waals surface area (Å²) in [5, 5.41) is 9.74. The van der Waals surface area contributed by atoms with Crippen LogP contribution in [0.1, 0.15) is 55.4 Å². The lowest BCUT2D eigenvalue weighted by molar-refractivity contribution is 0.220. The van der Waals surface area contributed by atoms with Crippen molar-refractivity contribution in [3.05, 3.63) is 0 Å². The molecular weight excluding hydrogens is 264 g/mol. The maximum Gasteiger partial charge on any atom is 0.341 e. The predicted octanol–water partition coefficient (Wildman–Crippen LogP) is 5.90. The highest BCUT2D eigenvalue weighted by Crippen LogP contribution is 2.66. The second-order valence-electron chi connectivity index (χ2n) is 5.87. The summed E-state index contributed by atoms with van der Waals surface area (Å²) in [5.41, 5.74) is 0.490. The summed E-state index contributed by atoms with van der Waals surface area (Å²) in [5.74, 6) is 0. The van der Waals surface area contributed by atoms with Crippen LogP contribution in [0.3, 0.4) is 0 Å². The average Bonchev–Trinajstić information content (AvgIpc) is 2.15. The van der Waals surface area contributed by atoms with E-state index < -0.39 is 20.8 Å². The lowest BCUT2D eigenvalue weighted by Gasteiger charge is -2.32. The maximum absolute atomic E-state index is 11.9. The number of hydrogen-bond acceptors (Lipinski definition) is 2. The molecule has 0 saturated carbocycles. The molecule has 0 aromatic rings. The highest BCUT2D eigenvalue weighted by molar-refractivity contribution is 7.86. The first-order valence-corrected chi connectivity index (χ1v) is 10.0. The molecule has 5 heteroatoms. The van der Waals surface area contributed by atoms with Gasteiger partial charge in [0, 0.05) is 8.07 Å². The first-order valence-electron chi connectivity index (χ1n) is 6.70. The second-order valence-corrected chi connectivity index (χ2v) is 13.3. The molecule has 3 nitrogen and oxygen atoms in total. The van der Waals surface area contributed by atoms with Gasteiger partial charge in [-0.1, -0.05) is 55.4 Å². The van der Waals surface area contributed by atoms with E-state index >= 15 is 0 Å². The van der Waals surface area contributed by atoms with Gasteiger partial charge in [-0.2, -0.15) is 0 Å². The highest BCUT2D eigenvalue weighted by atomic mass is 31.2. The fraction of sp³-hybridized carbons (Fsp3) is 0.923. The van der Waals surface area contributed by atoms with Gasteiger partial charge in [-0.25, -0.2) is 4.79 Å². The number of carbonyl (C=O) groups is 1. The smallest absolute Gasteiger partial charge is 0.341 e. The molecule has 0 aromatic heterocycles. The summed E-state index contributed by atoms with van der Waals surface area (Å²) >= 11 is 0. The van der Waals surface area contributed by atoms with Crippen LogP contribution < -0.4 is 0 Å². The SMILES string of the molecule is CC(C)P(N=P(C(=O)O)(C(C)C)C(C)C)C(C)C. The summed E-state index contributed by atoms with van der Waals surface area (Å²) in [6.45, 7) is 16.7. The molecule has 0 aliphatic rings. The van der Waals surface area contributed by atoms with Gasteiger partial charge in [-0.05, 0) is 22.6 Å². The third-order valence-corrected chi connectivity index (χ3v) is 11.1. The van der Waals surface area contributed by atoms with Gasteiger partial charge in [-0.15, -0.1) is 0 Å². The molecule has 0 heterocycles. The Labute approximate surface area is 114 Å². The molecule has 0 atom stereocenters. The van der Waals surface area contributed by atoms with Crippen molar-refractivity contribution < 1.29 is 9.90 Å². The standard InChI is InChI=1S/C13H29NO2P2/c1-9(2)17(10(3)4)14-18(11(5)6,12(7)8)13(15)16/h9-12H,1-8H3,(H,15,16). The molecule has 0 saturated heterocycles. The van der Waals surface area contributed by atoms with Crippen molar-refractivity contribution in [1.82, 2.24) is 0 Å².